The Kier molecular flexibility index (Phi) is 6.24. The molecule has 0 unspecified atom stereocenters. The van der Waals surface area contributed by atoms with E-state index in [-0.39, 0.29) is 5.91 Å². The van der Waals surface area contributed by atoms with Crippen molar-refractivity contribution in [1.82, 2.24) is 9.99 Å². The number of hydrogen-bond donors (Lipinski definition) is 1. The van der Waals surface area contributed by atoms with E-state index >= 15 is 0 Å². The van der Waals surface area contributed by atoms with E-state index in [9.17, 15) is 4.79 Å². The average molecular weight is 409 g/mol. The van der Waals surface area contributed by atoms with Crippen LogP contribution in [0.3, 0.4) is 0 Å². The predicted molar refractivity (Wildman–Crippen MR) is 124 cm³/mol. The minimum atomic E-state index is -0.324. The highest BCUT2D eigenvalue weighted by molar-refractivity contribution is 6.01. The van der Waals surface area contributed by atoms with Crippen molar-refractivity contribution in [3.63, 3.8) is 0 Å². The van der Waals surface area contributed by atoms with Gasteiger partial charge in [-0.3, -0.25) is 4.79 Å². The summed E-state index contributed by atoms with van der Waals surface area (Å²) in [6.07, 6.45) is 5.51. The summed E-state index contributed by atoms with van der Waals surface area (Å²) in [5.41, 5.74) is 6.10. The number of carbonyl (C=O) groups excluding carboxylic acids is 1. The van der Waals surface area contributed by atoms with Crippen LogP contribution in [0.5, 0.6) is 5.75 Å². The van der Waals surface area contributed by atoms with Gasteiger partial charge in [0, 0.05) is 29.2 Å². The van der Waals surface area contributed by atoms with Crippen LogP contribution in [0.2, 0.25) is 0 Å². The number of ether oxygens (including phenoxy) is 1. The lowest BCUT2D eigenvalue weighted by Gasteiger charge is -2.10. The maximum atomic E-state index is 12.7. The zero-order valence-electron chi connectivity index (χ0n) is 17.1. The van der Waals surface area contributed by atoms with E-state index in [0.29, 0.717) is 24.5 Å². The number of allylic oxidation sites excluding steroid dienone is 1. The molecule has 0 fully saturated rings. The lowest BCUT2D eigenvalue weighted by atomic mass is 10.2. The molecule has 5 nitrogen and oxygen atoms in total. The van der Waals surface area contributed by atoms with Gasteiger partial charge in [0.2, 0.25) is 0 Å². The lowest BCUT2D eigenvalue weighted by Crippen LogP contribution is -2.18. The van der Waals surface area contributed by atoms with Crippen molar-refractivity contribution in [3.05, 3.63) is 114 Å². The molecule has 0 bridgehead atoms. The van der Waals surface area contributed by atoms with Crippen LogP contribution < -0.4 is 10.2 Å². The molecule has 0 radical (unpaired) electrons. The molecule has 4 aromatic rings. The summed E-state index contributed by atoms with van der Waals surface area (Å²) in [4.78, 5) is 12.7. The van der Waals surface area contributed by atoms with Gasteiger partial charge in [0.25, 0.3) is 5.91 Å². The summed E-state index contributed by atoms with van der Waals surface area (Å²) in [6.45, 7) is 4.90. The van der Waals surface area contributed by atoms with Gasteiger partial charge in [0.15, 0.2) is 0 Å². The van der Waals surface area contributed by atoms with Gasteiger partial charge in [-0.2, -0.15) is 5.10 Å². The van der Waals surface area contributed by atoms with Crippen molar-refractivity contribution in [3.8, 4) is 5.75 Å². The van der Waals surface area contributed by atoms with E-state index < -0.39 is 0 Å². The fourth-order valence-corrected chi connectivity index (χ4v) is 3.40. The third-order valence-electron chi connectivity index (χ3n) is 4.88. The number of rotatable bonds is 8. The largest absolute Gasteiger partial charge is 0.488 e. The Morgan fingerprint density at radius 3 is 2.58 bits per heavy atom. The summed E-state index contributed by atoms with van der Waals surface area (Å²) in [7, 11) is 0. The maximum Gasteiger partial charge on any atom is 0.275 e. The molecule has 1 amide bonds. The maximum absolute atomic E-state index is 12.7. The van der Waals surface area contributed by atoms with Gasteiger partial charge in [-0.15, -0.1) is 6.58 Å². The van der Waals surface area contributed by atoms with E-state index in [4.69, 9.17) is 4.74 Å². The SMILES string of the molecule is C=CCn1cc(/C=N/NC(=O)c2ccccc2OCc2ccccc2)c2ccccc21. The summed E-state index contributed by atoms with van der Waals surface area (Å²) in [6, 6.07) is 25.0. The number of hydrazone groups is 1. The number of benzene rings is 3. The monoisotopic (exact) mass is 409 g/mol. The molecule has 0 spiro atoms. The fraction of sp³-hybridized carbons (Fsp3) is 0.0769. The topological polar surface area (TPSA) is 55.6 Å². The highest BCUT2D eigenvalue weighted by Crippen LogP contribution is 2.21. The molecule has 0 saturated carbocycles. The second-order valence-electron chi connectivity index (χ2n) is 7.01. The van der Waals surface area contributed by atoms with Crippen molar-refractivity contribution >= 4 is 23.0 Å². The van der Waals surface area contributed by atoms with E-state index in [0.717, 1.165) is 22.0 Å². The first-order valence-corrected chi connectivity index (χ1v) is 10.0. The Balaban J connectivity index is 1.48. The van der Waals surface area contributed by atoms with Crippen LogP contribution in [0.4, 0.5) is 0 Å². The van der Waals surface area contributed by atoms with Gasteiger partial charge in [0.1, 0.15) is 12.4 Å². The van der Waals surface area contributed by atoms with Gasteiger partial charge >= 0.3 is 0 Å². The molecule has 154 valence electrons. The molecule has 1 N–H and O–H groups in total. The molecule has 5 heteroatoms. The summed E-state index contributed by atoms with van der Waals surface area (Å²) in [5.74, 6) is 0.191. The molecule has 3 aromatic carbocycles. The minimum absolute atomic E-state index is 0.324. The number of fused-ring (bicyclic) bond motifs is 1. The quantitative estimate of drug-likeness (QED) is 0.248. The zero-order valence-corrected chi connectivity index (χ0v) is 17.1. The summed E-state index contributed by atoms with van der Waals surface area (Å²) < 4.78 is 7.97. The van der Waals surface area contributed by atoms with Gasteiger partial charge in [0.05, 0.1) is 11.8 Å². The van der Waals surface area contributed by atoms with Crippen molar-refractivity contribution < 1.29 is 9.53 Å². The zero-order chi connectivity index (χ0) is 21.5. The van der Waals surface area contributed by atoms with Crippen LogP contribution in [-0.4, -0.2) is 16.7 Å². The summed E-state index contributed by atoms with van der Waals surface area (Å²) in [5, 5.41) is 5.25. The molecular weight excluding hydrogens is 386 g/mol. The highest BCUT2D eigenvalue weighted by Gasteiger charge is 2.12. The smallest absolute Gasteiger partial charge is 0.275 e. The van der Waals surface area contributed by atoms with Crippen LogP contribution in [0, 0.1) is 0 Å². The third kappa shape index (κ3) is 4.73. The van der Waals surface area contributed by atoms with E-state index in [1.165, 1.54) is 0 Å². The molecule has 0 aliphatic heterocycles. The molecule has 1 heterocycles. The number of nitrogens with zero attached hydrogens (tertiary/aromatic N) is 2. The Morgan fingerprint density at radius 2 is 1.74 bits per heavy atom. The second-order valence-corrected chi connectivity index (χ2v) is 7.01. The Morgan fingerprint density at radius 1 is 1.00 bits per heavy atom. The van der Waals surface area contributed by atoms with Gasteiger partial charge in [-0.05, 0) is 23.8 Å². The van der Waals surface area contributed by atoms with Crippen LogP contribution in [0.25, 0.3) is 10.9 Å². The number of hydrogen-bond acceptors (Lipinski definition) is 3. The van der Waals surface area contributed by atoms with E-state index in [1.54, 1.807) is 24.4 Å². The molecule has 1 aromatic heterocycles. The number of para-hydroxylation sites is 2. The normalized spacial score (nSPS) is 11.0. The van der Waals surface area contributed by atoms with Crippen molar-refractivity contribution in [2.24, 2.45) is 5.10 Å². The lowest BCUT2D eigenvalue weighted by molar-refractivity contribution is 0.0950. The number of carbonyl (C=O) groups is 1. The highest BCUT2D eigenvalue weighted by atomic mass is 16.5. The number of aromatic nitrogens is 1. The first-order chi connectivity index (χ1) is 15.3. The second kappa shape index (κ2) is 9.59. The minimum Gasteiger partial charge on any atom is -0.488 e. The molecule has 0 saturated heterocycles. The van der Waals surface area contributed by atoms with Crippen molar-refractivity contribution in [2.45, 2.75) is 13.2 Å². The van der Waals surface area contributed by atoms with Crippen LogP contribution in [0.1, 0.15) is 21.5 Å². The Hall–Kier alpha value is -4.12. The van der Waals surface area contributed by atoms with Crippen molar-refractivity contribution in [1.29, 1.82) is 0 Å². The predicted octanol–water partition coefficient (Wildman–Crippen LogP) is 5.17. The van der Waals surface area contributed by atoms with Crippen LogP contribution in [-0.2, 0) is 13.2 Å². The molecule has 0 aliphatic rings. The standard InChI is InChI=1S/C26H23N3O2/c1-2-16-29-18-21(22-12-6-8-14-24(22)29)17-27-28-26(30)23-13-7-9-15-25(23)31-19-20-10-4-3-5-11-20/h2-15,17-18H,1,16,19H2,(H,28,30)/b27-17+. The van der Waals surface area contributed by atoms with Crippen LogP contribution in [0.15, 0.2) is 103 Å². The molecule has 0 atom stereocenters. The first kappa shape index (κ1) is 20.2. The number of amides is 1. The Labute approximate surface area is 181 Å². The molecule has 31 heavy (non-hydrogen) atoms. The van der Waals surface area contributed by atoms with E-state index in [1.807, 2.05) is 66.9 Å². The van der Waals surface area contributed by atoms with Gasteiger partial charge in [-0.1, -0.05) is 66.7 Å². The fourth-order valence-electron chi connectivity index (χ4n) is 3.40. The Bertz CT molecular complexity index is 1230. The van der Waals surface area contributed by atoms with Gasteiger partial charge in [-0.25, -0.2) is 5.43 Å². The van der Waals surface area contributed by atoms with E-state index in [2.05, 4.69) is 27.7 Å². The summed E-state index contributed by atoms with van der Waals surface area (Å²) >= 11 is 0. The third-order valence-corrected chi connectivity index (χ3v) is 4.88. The molecule has 0 aliphatic carbocycles. The molecular formula is C26H23N3O2. The van der Waals surface area contributed by atoms with Crippen LogP contribution >= 0.6 is 0 Å². The molecule has 4 rings (SSSR count). The average Bonchev–Trinajstić information content (AvgIpc) is 3.16. The van der Waals surface area contributed by atoms with Gasteiger partial charge < -0.3 is 9.30 Å². The first-order valence-electron chi connectivity index (χ1n) is 10.0. The van der Waals surface area contributed by atoms with Crippen molar-refractivity contribution in [2.75, 3.05) is 0 Å². The number of nitrogens with one attached hydrogen (secondary N) is 1.